The summed E-state index contributed by atoms with van der Waals surface area (Å²) in [6, 6.07) is -0.617. The second-order valence-corrected chi connectivity index (χ2v) is 19.1. The number of carbonyl (C=O) groups excluding carboxylic acids is 2. The Morgan fingerprint density at radius 3 is 1.31 bits per heavy atom. The van der Waals surface area contributed by atoms with Gasteiger partial charge in [0.05, 0.1) is 34.4 Å². The molecule has 0 heterocycles. The van der Waals surface area contributed by atoms with E-state index in [1.165, 1.54) is 148 Å². The van der Waals surface area contributed by atoms with Gasteiger partial charge in [0.15, 0.2) is 12.1 Å². The molecule has 0 aliphatic heterocycles. The second kappa shape index (κ2) is 46.8. The number of unbranched alkanes of at least 4 members (excludes halogenated alkanes) is 26. The molecule has 0 spiro atoms. The van der Waals surface area contributed by atoms with Gasteiger partial charge >= 0.3 is 17.9 Å². The number of likely N-dealkylation sites (N-methyl/N-ethyl adjacent to an activating group) is 1. The number of allylic oxidation sites excluding steroid dienone is 8. The quantitative estimate of drug-likeness (QED) is 0.0281. The maximum atomic E-state index is 12.8. The first kappa shape index (κ1) is 61.3. The average molecular weight is 901 g/mol. The summed E-state index contributed by atoms with van der Waals surface area (Å²) in [5.41, 5.74) is 0. The Bertz CT molecular complexity index is 1190. The molecule has 372 valence electrons. The van der Waals surface area contributed by atoms with E-state index in [1.807, 2.05) is 21.1 Å². The highest BCUT2D eigenvalue weighted by Gasteiger charge is 2.31. The summed E-state index contributed by atoms with van der Waals surface area (Å²) in [6.45, 7) is 4.65. The van der Waals surface area contributed by atoms with E-state index in [1.54, 1.807) is 0 Å². The smallest absolute Gasteiger partial charge is 0.362 e. The van der Waals surface area contributed by atoms with Crippen molar-refractivity contribution in [2.45, 2.75) is 251 Å². The minimum Gasteiger partial charge on any atom is -0.477 e. The summed E-state index contributed by atoms with van der Waals surface area (Å²) in [5, 5.41) is 9.66. The highest BCUT2D eigenvalue weighted by molar-refractivity contribution is 5.72. The molecule has 0 saturated heterocycles. The number of hydrogen-bond donors (Lipinski definition) is 1. The molecule has 0 amide bonds. The van der Waals surface area contributed by atoms with Crippen molar-refractivity contribution in [3.05, 3.63) is 48.6 Å². The van der Waals surface area contributed by atoms with Gasteiger partial charge in [-0.15, -0.1) is 0 Å². The lowest BCUT2D eigenvalue weighted by Gasteiger charge is -2.31. The monoisotopic (exact) mass is 901 g/mol. The van der Waals surface area contributed by atoms with E-state index in [2.05, 4.69) is 62.5 Å². The number of ether oxygens (including phenoxy) is 3. The topological polar surface area (TPSA) is 99.1 Å². The molecule has 1 N–H and O–H groups in total. The van der Waals surface area contributed by atoms with Crippen molar-refractivity contribution in [1.29, 1.82) is 0 Å². The van der Waals surface area contributed by atoms with E-state index in [9.17, 15) is 19.5 Å². The van der Waals surface area contributed by atoms with Gasteiger partial charge in [-0.2, -0.15) is 0 Å². The molecule has 0 bridgehead atoms. The molecular formula is C56H102NO7+. The Morgan fingerprint density at radius 2 is 0.875 bits per heavy atom. The largest absolute Gasteiger partial charge is 0.477 e. The number of esters is 2. The molecule has 2 atom stereocenters. The van der Waals surface area contributed by atoms with E-state index in [0.717, 1.165) is 57.8 Å². The standard InChI is InChI=1S/C56H101NO7/c1-6-8-10-12-14-16-18-20-22-24-26-28-30-32-34-36-38-40-42-44-46-54(58)63-51-52(50-62-49-48-53(56(60)61)57(3,4)5)64-55(59)47-45-43-41-39-37-35-33-31-29-27-25-23-21-19-17-15-13-11-9-7-2/h8,10,14,16,20,22,27,29,52-53H,6-7,9,11-13,15,17-19,21,23-26,28,30-51H2,1-5H3/p+1/b10-8+,16-14+,22-20+,29-27+. The van der Waals surface area contributed by atoms with Gasteiger partial charge < -0.3 is 23.8 Å². The van der Waals surface area contributed by atoms with Gasteiger partial charge in [-0.05, 0) is 70.6 Å². The Morgan fingerprint density at radius 1 is 0.484 bits per heavy atom. The molecule has 8 nitrogen and oxygen atoms in total. The number of carboxylic acids is 1. The summed E-state index contributed by atoms with van der Waals surface area (Å²) < 4.78 is 17.4. The summed E-state index contributed by atoms with van der Waals surface area (Å²) in [4.78, 5) is 37.2. The molecule has 0 aromatic rings. The number of quaternary nitrogens is 1. The fourth-order valence-electron chi connectivity index (χ4n) is 7.87. The summed E-state index contributed by atoms with van der Waals surface area (Å²) in [7, 11) is 5.54. The van der Waals surface area contributed by atoms with E-state index in [4.69, 9.17) is 14.2 Å². The van der Waals surface area contributed by atoms with E-state index < -0.39 is 18.1 Å². The first-order valence-electron chi connectivity index (χ1n) is 26.7. The van der Waals surface area contributed by atoms with Crippen LogP contribution in [0.1, 0.15) is 239 Å². The third kappa shape index (κ3) is 44.5. The van der Waals surface area contributed by atoms with Gasteiger partial charge in [-0.25, -0.2) is 4.79 Å². The Kier molecular flexibility index (Phi) is 44.8. The zero-order chi connectivity index (χ0) is 47.0. The van der Waals surface area contributed by atoms with Crippen molar-refractivity contribution in [3.63, 3.8) is 0 Å². The van der Waals surface area contributed by atoms with Crippen LogP contribution in [0.5, 0.6) is 0 Å². The van der Waals surface area contributed by atoms with Crippen LogP contribution in [0.3, 0.4) is 0 Å². The van der Waals surface area contributed by atoms with Gasteiger partial charge in [0.2, 0.25) is 0 Å². The number of carboxylic acid groups (broad SMARTS) is 1. The van der Waals surface area contributed by atoms with Crippen molar-refractivity contribution < 1.29 is 38.2 Å². The number of carbonyl (C=O) groups is 3. The number of nitrogens with zero attached hydrogens (tertiary/aromatic N) is 1. The minimum absolute atomic E-state index is 0.0540. The van der Waals surface area contributed by atoms with E-state index in [0.29, 0.717) is 19.3 Å². The van der Waals surface area contributed by atoms with Crippen molar-refractivity contribution in [3.8, 4) is 0 Å². The van der Waals surface area contributed by atoms with Crippen LogP contribution >= 0.6 is 0 Å². The highest BCUT2D eigenvalue weighted by atomic mass is 16.6. The fraction of sp³-hybridized carbons (Fsp3) is 0.804. The molecule has 0 fully saturated rings. The number of aliphatic carboxylic acids is 1. The van der Waals surface area contributed by atoms with Gasteiger partial charge in [-0.1, -0.05) is 197 Å². The zero-order valence-electron chi connectivity index (χ0n) is 42.5. The normalized spacial score (nSPS) is 13.2. The maximum absolute atomic E-state index is 12.8. The predicted octanol–water partition coefficient (Wildman–Crippen LogP) is 15.5. The first-order chi connectivity index (χ1) is 31.1. The molecule has 2 unspecified atom stereocenters. The van der Waals surface area contributed by atoms with Crippen molar-refractivity contribution in [1.82, 2.24) is 0 Å². The Hall–Kier alpha value is -2.71. The minimum atomic E-state index is -0.875. The lowest BCUT2D eigenvalue weighted by Crippen LogP contribution is -2.50. The van der Waals surface area contributed by atoms with Crippen LogP contribution in [0, 0.1) is 0 Å². The fourth-order valence-corrected chi connectivity index (χ4v) is 7.87. The average Bonchev–Trinajstić information content (AvgIpc) is 3.26. The molecule has 8 heteroatoms. The summed E-state index contributed by atoms with van der Waals surface area (Å²) in [6.07, 6.45) is 57.3. The molecule has 0 radical (unpaired) electrons. The molecule has 64 heavy (non-hydrogen) atoms. The van der Waals surface area contributed by atoms with Crippen LogP contribution in [0.15, 0.2) is 48.6 Å². The van der Waals surface area contributed by atoms with Crippen molar-refractivity contribution in [2.24, 2.45) is 0 Å². The van der Waals surface area contributed by atoms with Crippen molar-refractivity contribution >= 4 is 17.9 Å². The van der Waals surface area contributed by atoms with Crippen LogP contribution < -0.4 is 0 Å². The van der Waals surface area contributed by atoms with Crippen LogP contribution in [0.25, 0.3) is 0 Å². The predicted molar refractivity (Wildman–Crippen MR) is 271 cm³/mol. The molecule has 0 aromatic heterocycles. The summed E-state index contributed by atoms with van der Waals surface area (Å²) in [5.74, 6) is -1.47. The van der Waals surface area contributed by atoms with Gasteiger partial charge in [0, 0.05) is 19.3 Å². The van der Waals surface area contributed by atoms with E-state index >= 15 is 0 Å². The molecule has 0 rings (SSSR count). The molecule has 0 aliphatic carbocycles. The number of rotatable bonds is 48. The van der Waals surface area contributed by atoms with Gasteiger partial charge in [-0.3, -0.25) is 9.59 Å². The molecule has 0 saturated carbocycles. The van der Waals surface area contributed by atoms with Gasteiger partial charge in [0.25, 0.3) is 0 Å². The zero-order valence-corrected chi connectivity index (χ0v) is 42.5. The second-order valence-electron chi connectivity index (χ2n) is 19.1. The highest BCUT2D eigenvalue weighted by Crippen LogP contribution is 2.16. The third-order valence-electron chi connectivity index (χ3n) is 12.0. The van der Waals surface area contributed by atoms with Crippen LogP contribution in [0.2, 0.25) is 0 Å². The molecule has 0 aromatic carbocycles. The Balaban J connectivity index is 4.22. The first-order valence-corrected chi connectivity index (χ1v) is 26.7. The third-order valence-corrected chi connectivity index (χ3v) is 12.0. The molecule has 0 aliphatic rings. The SMILES string of the molecule is CC/C=C/C/C=C/C/C=C/CCCCCCCCCCCCC(=O)OCC(COCCC(C(=O)O)[N+](C)(C)C)OC(=O)CCCCCCCCC/C=C/CCCCCCCCCCC. The molecular weight excluding hydrogens is 799 g/mol. The van der Waals surface area contributed by atoms with Crippen LogP contribution in [-0.2, 0) is 28.6 Å². The Labute approximate surface area is 395 Å². The van der Waals surface area contributed by atoms with Crippen molar-refractivity contribution in [2.75, 3.05) is 41.0 Å². The van der Waals surface area contributed by atoms with Crippen LogP contribution in [-0.4, -0.2) is 80.6 Å². The lowest BCUT2D eigenvalue weighted by atomic mass is 10.1. The van der Waals surface area contributed by atoms with Crippen LogP contribution in [0.4, 0.5) is 0 Å². The van der Waals surface area contributed by atoms with Gasteiger partial charge in [0.1, 0.15) is 6.61 Å². The van der Waals surface area contributed by atoms with E-state index in [-0.39, 0.29) is 36.2 Å². The lowest BCUT2D eigenvalue weighted by molar-refractivity contribution is -0.887. The summed E-state index contributed by atoms with van der Waals surface area (Å²) >= 11 is 0. The maximum Gasteiger partial charge on any atom is 0.362 e. The number of hydrogen-bond acceptors (Lipinski definition) is 6.